The summed E-state index contributed by atoms with van der Waals surface area (Å²) in [7, 11) is 0. The van der Waals surface area contributed by atoms with E-state index in [1.54, 1.807) is 0 Å². The zero-order chi connectivity index (χ0) is 23.1. The Morgan fingerprint density at radius 3 is 2.48 bits per heavy atom. The third-order valence-corrected chi connectivity index (χ3v) is 4.80. The lowest BCUT2D eigenvalue weighted by atomic mass is 10.1. The molecule has 11 heteroatoms. The lowest BCUT2D eigenvalue weighted by Gasteiger charge is -2.27. The smallest absolute Gasteiger partial charge is 0.378 e. The van der Waals surface area contributed by atoms with Gasteiger partial charge in [0.05, 0.1) is 25.0 Å². The van der Waals surface area contributed by atoms with Crippen molar-refractivity contribution in [2.24, 2.45) is 5.10 Å². The number of anilines is 3. The van der Waals surface area contributed by atoms with E-state index in [1.165, 1.54) is 18.3 Å². The number of nitrogens with zero attached hydrogens (tertiary/aromatic N) is 5. The summed E-state index contributed by atoms with van der Waals surface area (Å²) in [5.41, 5.74) is 3.31. The number of halogens is 3. The van der Waals surface area contributed by atoms with Gasteiger partial charge in [0.15, 0.2) is 0 Å². The largest absolute Gasteiger partial charge is 0.416 e. The molecule has 0 atom stereocenters. The molecule has 2 heterocycles. The minimum Gasteiger partial charge on any atom is -0.378 e. The van der Waals surface area contributed by atoms with Crippen molar-refractivity contribution in [3.05, 3.63) is 71.3 Å². The highest BCUT2D eigenvalue weighted by Gasteiger charge is 2.30. The molecule has 2 aromatic carbocycles. The van der Waals surface area contributed by atoms with Crippen LogP contribution in [0, 0.1) is 0 Å². The van der Waals surface area contributed by atoms with Gasteiger partial charge >= 0.3 is 6.18 Å². The third kappa shape index (κ3) is 6.39. The maximum Gasteiger partial charge on any atom is 0.416 e. The summed E-state index contributed by atoms with van der Waals surface area (Å²) in [5, 5.41) is 7.19. The van der Waals surface area contributed by atoms with Crippen LogP contribution in [0.5, 0.6) is 0 Å². The number of aromatic nitrogens is 3. The summed E-state index contributed by atoms with van der Waals surface area (Å²) in [6.07, 6.45) is -3.14. The van der Waals surface area contributed by atoms with Gasteiger partial charge in [-0.2, -0.15) is 33.2 Å². The summed E-state index contributed by atoms with van der Waals surface area (Å²) in [4.78, 5) is 15.2. The summed E-state index contributed by atoms with van der Waals surface area (Å²) < 4.78 is 44.1. The van der Waals surface area contributed by atoms with Crippen molar-refractivity contribution >= 4 is 24.1 Å². The van der Waals surface area contributed by atoms with Crippen LogP contribution >= 0.6 is 0 Å². The molecule has 0 bridgehead atoms. The molecule has 0 aliphatic carbocycles. The maximum absolute atomic E-state index is 12.9. The first-order valence-corrected chi connectivity index (χ1v) is 10.3. The van der Waals surface area contributed by atoms with Crippen LogP contribution in [0.2, 0.25) is 0 Å². The van der Waals surface area contributed by atoms with Crippen molar-refractivity contribution in [3.63, 3.8) is 0 Å². The van der Waals surface area contributed by atoms with Gasteiger partial charge in [0, 0.05) is 19.6 Å². The molecule has 172 valence electrons. The van der Waals surface area contributed by atoms with Crippen LogP contribution in [-0.2, 0) is 17.5 Å². The molecule has 1 aliphatic rings. The van der Waals surface area contributed by atoms with E-state index >= 15 is 0 Å². The van der Waals surface area contributed by atoms with E-state index in [-0.39, 0.29) is 5.95 Å². The van der Waals surface area contributed by atoms with E-state index < -0.39 is 11.7 Å². The van der Waals surface area contributed by atoms with Crippen LogP contribution in [0.3, 0.4) is 0 Å². The van der Waals surface area contributed by atoms with Gasteiger partial charge in [0.1, 0.15) is 0 Å². The van der Waals surface area contributed by atoms with E-state index in [2.05, 4.69) is 30.8 Å². The zero-order valence-corrected chi connectivity index (χ0v) is 17.6. The van der Waals surface area contributed by atoms with Gasteiger partial charge in [-0.1, -0.05) is 42.5 Å². The molecular formula is C22H22F3N7O. The van der Waals surface area contributed by atoms with Crippen LogP contribution in [-0.4, -0.2) is 47.5 Å². The number of hydrogen-bond acceptors (Lipinski definition) is 8. The normalized spacial score (nSPS) is 14.5. The SMILES string of the molecule is FC(F)(F)c1cccc(/C=N/Nc2nc(NCc3ccccc3)nc(N3CCOCC3)n2)c1. The van der Waals surface area contributed by atoms with E-state index in [4.69, 9.17) is 4.74 Å². The first-order chi connectivity index (χ1) is 16.0. The van der Waals surface area contributed by atoms with Crippen molar-refractivity contribution < 1.29 is 17.9 Å². The van der Waals surface area contributed by atoms with Crippen molar-refractivity contribution in [2.75, 3.05) is 41.9 Å². The molecule has 0 spiro atoms. The highest BCUT2D eigenvalue weighted by atomic mass is 19.4. The quantitative estimate of drug-likeness (QED) is 0.412. The van der Waals surface area contributed by atoms with Gasteiger partial charge in [-0.3, -0.25) is 0 Å². The Kier molecular flexibility index (Phi) is 6.98. The third-order valence-electron chi connectivity index (χ3n) is 4.80. The van der Waals surface area contributed by atoms with Gasteiger partial charge < -0.3 is 15.0 Å². The maximum atomic E-state index is 12.9. The summed E-state index contributed by atoms with van der Waals surface area (Å²) in [6.45, 7) is 2.91. The topological polar surface area (TPSA) is 87.6 Å². The van der Waals surface area contributed by atoms with Crippen LogP contribution in [0.15, 0.2) is 59.7 Å². The molecule has 1 aromatic heterocycles. The predicted octanol–water partition coefficient (Wildman–Crippen LogP) is 3.79. The predicted molar refractivity (Wildman–Crippen MR) is 119 cm³/mol. The Morgan fingerprint density at radius 1 is 0.970 bits per heavy atom. The van der Waals surface area contributed by atoms with Crippen molar-refractivity contribution in [1.82, 2.24) is 15.0 Å². The number of morpholine rings is 1. The van der Waals surface area contributed by atoms with E-state index in [9.17, 15) is 13.2 Å². The van der Waals surface area contributed by atoms with Crippen LogP contribution < -0.4 is 15.6 Å². The van der Waals surface area contributed by atoms with E-state index in [0.29, 0.717) is 50.3 Å². The second-order valence-corrected chi connectivity index (χ2v) is 7.21. The Morgan fingerprint density at radius 2 is 1.73 bits per heavy atom. The highest BCUT2D eigenvalue weighted by molar-refractivity contribution is 5.80. The Labute approximate surface area is 188 Å². The number of ether oxygens (including phenoxy) is 1. The number of rotatable bonds is 7. The molecule has 0 unspecified atom stereocenters. The molecule has 0 radical (unpaired) electrons. The lowest BCUT2D eigenvalue weighted by Crippen LogP contribution is -2.37. The second-order valence-electron chi connectivity index (χ2n) is 7.21. The van der Waals surface area contributed by atoms with Gasteiger partial charge in [-0.05, 0) is 23.3 Å². The lowest BCUT2D eigenvalue weighted by molar-refractivity contribution is -0.137. The number of hydrogen-bond donors (Lipinski definition) is 2. The van der Waals surface area contributed by atoms with Crippen molar-refractivity contribution in [3.8, 4) is 0 Å². The van der Waals surface area contributed by atoms with Crippen LogP contribution in [0.1, 0.15) is 16.7 Å². The molecule has 1 aliphatic heterocycles. The van der Waals surface area contributed by atoms with E-state index in [1.807, 2.05) is 35.2 Å². The zero-order valence-electron chi connectivity index (χ0n) is 17.6. The molecular weight excluding hydrogens is 435 g/mol. The second kappa shape index (κ2) is 10.3. The van der Waals surface area contributed by atoms with Crippen molar-refractivity contribution in [1.29, 1.82) is 0 Å². The molecule has 2 N–H and O–H groups in total. The first-order valence-electron chi connectivity index (χ1n) is 10.3. The number of alkyl halides is 3. The number of hydrazone groups is 1. The average molecular weight is 457 g/mol. The Hall–Kier alpha value is -3.73. The summed E-state index contributed by atoms with van der Waals surface area (Å²) in [6, 6.07) is 14.7. The van der Waals surface area contributed by atoms with Crippen molar-refractivity contribution in [2.45, 2.75) is 12.7 Å². The Balaban J connectivity index is 1.51. The molecule has 0 saturated carbocycles. The number of benzene rings is 2. The van der Waals surface area contributed by atoms with Gasteiger partial charge in [0.2, 0.25) is 17.8 Å². The van der Waals surface area contributed by atoms with Gasteiger partial charge in [0.25, 0.3) is 0 Å². The fraction of sp³-hybridized carbons (Fsp3) is 0.273. The highest BCUT2D eigenvalue weighted by Crippen LogP contribution is 2.29. The molecule has 33 heavy (non-hydrogen) atoms. The van der Waals surface area contributed by atoms with Crippen LogP contribution in [0.4, 0.5) is 31.0 Å². The molecule has 0 amide bonds. The molecule has 3 aromatic rings. The fourth-order valence-corrected chi connectivity index (χ4v) is 3.14. The standard InChI is InChI=1S/C22H22F3N7O/c23-22(24,25)18-8-4-7-17(13-18)15-27-31-20-28-19(26-14-16-5-2-1-3-6-16)29-21(30-20)32-9-11-33-12-10-32/h1-8,13,15H,9-12,14H2,(H2,26,28,29,30,31)/b27-15+. The molecule has 1 fully saturated rings. The average Bonchev–Trinajstić information content (AvgIpc) is 2.84. The molecule has 4 rings (SSSR count). The van der Waals surface area contributed by atoms with Gasteiger partial charge in [-0.15, -0.1) is 0 Å². The molecule has 1 saturated heterocycles. The fourth-order valence-electron chi connectivity index (χ4n) is 3.14. The monoisotopic (exact) mass is 457 g/mol. The summed E-state index contributed by atoms with van der Waals surface area (Å²) >= 11 is 0. The van der Waals surface area contributed by atoms with Crippen LogP contribution in [0.25, 0.3) is 0 Å². The molecule has 8 nitrogen and oxygen atoms in total. The number of nitrogens with one attached hydrogen (secondary N) is 2. The Bertz CT molecular complexity index is 1090. The van der Waals surface area contributed by atoms with Gasteiger partial charge in [-0.25, -0.2) is 5.43 Å². The first kappa shape index (κ1) is 22.5. The minimum atomic E-state index is -4.42. The summed E-state index contributed by atoms with van der Waals surface area (Å²) in [5.74, 6) is 0.984. The van der Waals surface area contributed by atoms with E-state index in [0.717, 1.165) is 17.7 Å². The minimum absolute atomic E-state index is 0.172.